The molecule has 90 valence electrons. The van der Waals surface area contributed by atoms with Crippen LogP contribution in [0.4, 0.5) is 10.1 Å². The SMILES string of the molecule is CN(CCNc1ccc(C#N)c(F)c1)C1CC1. The molecule has 1 aromatic carbocycles. The van der Waals surface area contributed by atoms with Crippen LogP contribution in [0.5, 0.6) is 0 Å². The average Bonchev–Trinajstić information content (AvgIpc) is 3.13. The van der Waals surface area contributed by atoms with E-state index in [-0.39, 0.29) is 5.56 Å². The topological polar surface area (TPSA) is 39.1 Å². The fourth-order valence-electron chi connectivity index (χ4n) is 1.79. The third-order valence-electron chi connectivity index (χ3n) is 3.05. The molecule has 1 N–H and O–H groups in total. The number of rotatable bonds is 5. The third-order valence-corrected chi connectivity index (χ3v) is 3.05. The predicted molar refractivity (Wildman–Crippen MR) is 65.3 cm³/mol. The minimum atomic E-state index is -0.465. The molecule has 0 radical (unpaired) electrons. The minimum absolute atomic E-state index is 0.0886. The van der Waals surface area contributed by atoms with Crippen molar-refractivity contribution >= 4 is 5.69 Å². The van der Waals surface area contributed by atoms with E-state index < -0.39 is 5.82 Å². The highest BCUT2D eigenvalue weighted by molar-refractivity contribution is 5.48. The molecular formula is C13H16FN3. The molecule has 1 saturated carbocycles. The van der Waals surface area contributed by atoms with Crippen LogP contribution < -0.4 is 5.32 Å². The Bertz CT molecular complexity index is 435. The van der Waals surface area contributed by atoms with E-state index in [9.17, 15) is 4.39 Å². The first-order valence-electron chi connectivity index (χ1n) is 5.84. The van der Waals surface area contributed by atoms with Crippen LogP contribution in [0.2, 0.25) is 0 Å². The standard InChI is InChI=1S/C13H16FN3/c1-17(12-4-5-12)7-6-16-11-3-2-10(9-15)13(14)8-11/h2-3,8,12,16H,4-7H2,1H3. The zero-order valence-corrected chi connectivity index (χ0v) is 9.91. The summed E-state index contributed by atoms with van der Waals surface area (Å²) in [6.07, 6.45) is 2.59. The van der Waals surface area contributed by atoms with Gasteiger partial charge >= 0.3 is 0 Å². The summed E-state index contributed by atoms with van der Waals surface area (Å²) >= 11 is 0. The smallest absolute Gasteiger partial charge is 0.143 e. The van der Waals surface area contributed by atoms with Crippen LogP contribution in [-0.2, 0) is 0 Å². The molecule has 0 bridgehead atoms. The number of nitrogens with zero attached hydrogens (tertiary/aromatic N) is 2. The van der Waals surface area contributed by atoms with Gasteiger partial charge in [0, 0.05) is 24.8 Å². The van der Waals surface area contributed by atoms with Crippen molar-refractivity contribution in [2.24, 2.45) is 0 Å². The average molecular weight is 233 g/mol. The van der Waals surface area contributed by atoms with Gasteiger partial charge in [-0.1, -0.05) is 0 Å². The van der Waals surface area contributed by atoms with E-state index in [2.05, 4.69) is 17.3 Å². The van der Waals surface area contributed by atoms with E-state index in [0.717, 1.165) is 24.8 Å². The van der Waals surface area contributed by atoms with Gasteiger partial charge in [-0.05, 0) is 38.1 Å². The molecule has 0 saturated heterocycles. The van der Waals surface area contributed by atoms with Crippen molar-refractivity contribution < 1.29 is 4.39 Å². The van der Waals surface area contributed by atoms with E-state index in [4.69, 9.17) is 5.26 Å². The number of hydrogen-bond donors (Lipinski definition) is 1. The maximum absolute atomic E-state index is 13.3. The van der Waals surface area contributed by atoms with Crippen molar-refractivity contribution in [3.63, 3.8) is 0 Å². The summed E-state index contributed by atoms with van der Waals surface area (Å²) in [6.45, 7) is 1.74. The van der Waals surface area contributed by atoms with Gasteiger partial charge in [0.15, 0.2) is 0 Å². The van der Waals surface area contributed by atoms with Gasteiger partial charge in [0.2, 0.25) is 0 Å². The van der Waals surface area contributed by atoms with E-state index in [1.54, 1.807) is 6.07 Å². The molecule has 1 aromatic rings. The molecular weight excluding hydrogens is 217 g/mol. The highest BCUT2D eigenvalue weighted by atomic mass is 19.1. The van der Waals surface area contributed by atoms with Gasteiger partial charge in [-0.15, -0.1) is 0 Å². The zero-order chi connectivity index (χ0) is 12.3. The van der Waals surface area contributed by atoms with Gasteiger partial charge in [0.25, 0.3) is 0 Å². The van der Waals surface area contributed by atoms with Crippen LogP contribution in [0.25, 0.3) is 0 Å². The number of hydrogen-bond acceptors (Lipinski definition) is 3. The summed E-state index contributed by atoms with van der Waals surface area (Å²) in [7, 11) is 2.11. The maximum Gasteiger partial charge on any atom is 0.143 e. The first-order chi connectivity index (χ1) is 8.20. The van der Waals surface area contributed by atoms with E-state index in [1.165, 1.54) is 25.0 Å². The number of nitrogens with one attached hydrogen (secondary N) is 1. The van der Waals surface area contributed by atoms with Crippen molar-refractivity contribution in [2.75, 3.05) is 25.5 Å². The van der Waals surface area contributed by atoms with Crippen molar-refractivity contribution in [3.05, 3.63) is 29.6 Å². The number of nitriles is 1. The van der Waals surface area contributed by atoms with Crippen molar-refractivity contribution in [2.45, 2.75) is 18.9 Å². The summed E-state index contributed by atoms with van der Waals surface area (Å²) < 4.78 is 13.3. The van der Waals surface area contributed by atoms with E-state index >= 15 is 0 Å². The number of benzene rings is 1. The van der Waals surface area contributed by atoms with Crippen molar-refractivity contribution in [1.82, 2.24) is 4.90 Å². The number of halogens is 1. The molecule has 0 heterocycles. The monoisotopic (exact) mass is 233 g/mol. The minimum Gasteiger partial charge on any atom is -0.384 e. The lowest BCUT2D eigenvalue weighted by atomic mass is 10.2. The largest absolute Gasteiger partial charge is 0.384 e. The fourth-order valence-corrected chi connectivity index (χ4v) is 1.79. The molecule has 0 unspecified atom stereocenters. The Morgan fingerprint density at radius 1 is 1.53 bits per heavy atom. The molecule has 17 heavy (non-hydrogen) atoms. The van der Waals surface area contributed by atoms with Gasteiger partial charge < -0.3 is 10.2 Å². The quantitative estimate of drug-likeness (QED) is 0.847. The number of likely N-dealkylation sites (N-methyl/N-ethyl adjacent to an activating group) is 1. The van der Waals surface area contributed by atoms with Crippen LogP contribution in [0.3, 0.4) is 0 Å². The van der Waals surface area contributed by atoms with Crippen LogP contribution in [-0.4, -0.2) is 31.1 Å². The molecule has 1 aliphatic carbocycles. The second-order valence-electron chi connectivity index (χ2n) is 4.44. The lowest BCUT2D eigenvalue weighted by Crippen LogP contribution is -2.27. The van der Waals surface area contributed by atoms with Crippen molar-refractivity contribution in [1.29, 1.82) is 5.26 Å². The Labute approximate surface area is 101 Å². The Hall–Kier alpha value is -1.60. The maximum atomic E-state index is 13.3. The molecule has 1 aliphatic rings. The number of anilines is 1. The van der Waals surface area contributed by atoms with Gasteiger partial charge in [0.1, 0.15) is 11.9 Å². The predicted octanol–water partition coefficient (Wildman–Crippen LogP) is 2.20. The molecule has 3 nitrogen and oxygen atoms in total. The summed E-state index contributed by atoms with van der Waals surface area (Å²) in [4.78, 5) is 2.31. The second kappa shape index (κ2) is 5.15. The molecule has 2 rings (SSSR count). The van der Waals surface area contributed by atoms with Gasteiger partial charge in [-0.3, -0.25) is 0 Å². The normalized spacial score (nSPS) is 14.7. The van der Waals surface area contributed by atoms with Crippen LogP contribution in [0.1, 0.15) is 18.4 Å². The van der Waals surface area contributed by atoms with Gasteiger partial charge in [0.05, 0.1) is 5.56 Å². The molecule has 0 spiro atoms. The Balaban J connectivity index is 1.82. The van der Waals surface area contributed by atoms with Crippen LogP contribution in [0.15, 0.2) is 18.2 Å². The Morgan fingerprint density at radius 3 is 2.88 bits per heavy atom. The lowest BCUT2D eigenvalue weighted by Gasteiger charge is -2.16. The molecule has 0 atom stereocenters. The molecule has 4 heteroatoms. The van der Waals surface area contributed by atoms with Gasteiger partial charge in [-0.2, -0.15) is 5.26 Å². The first kappa shape index (κ1) is 11.9. The Kier molecular flexibility index (Phi) is 3.60. The second-order valence-corrected chi connectivity index (χ2v) is 4.44. The summed E-state index contributed by atoms with van der Waals surface area (Å²) in [6, 6.07) is 7.16. The van der Waals surface area contributed by atoms with Crippen LogP contribution in [0, 0.1) is 17.1 Å². The lowest BCUT2D eigenvalue weighted by molar-refractivity contribution is 0.337. The Morgan fingerprint density at radius 2 is 2.29 bits per heavy atom. The third kappa shape index (κ3) is 3.18. The van der Waals surface area contributed by atoms with Crippen molar-refractivity contribution in [3.8, 4) is 6.07 Å². The molecule has 0 aliphatic heterocycles. The zero-order valence-electron chi connectivity index (χ0n) is 9.91. The molecule has 1 fully saturated rings. The summed E-state index contributed by atoms with van der Waals surface area (Å²) in [5, 5.41) is 11.8. The van der Waals surface area contributed by atoms with Crippen LogP contribution >= 0.6 is 0 Å². The first-order valence-corrected chi connectivity index (χ1v) is 5.84. The molecule has 0 aromatic heterocycles. The highest BCUT2D eigenvalue weighted by Gasteiger charge is 2.25. The fraction of sp³-hybridized carbons (Fsp3) is 0.462. The van der Waals surface area contributed by atoms with E-state index in [0.29, 0.717) is 0 Å². The molecule has 0 amide bonds. The van der Waals surface area contributed by atoms with Gasteiger partial charge in [-0.25, -0.2) is 4.39 Å². The summed E-state index contributed by atoms with van der Waals surface area (Å²) in [5.74, 6) is -0.465. The summed E-state index contributed by atoms with van der Waals surface area (Å²) in [5.41, 5.74) is 0.816. The van der Waals surface area contributed by atoms with E-state index in [1.807, 2.05) is 6.07 Å². The highest BCUT2D eigenvalue weighted by Crippen LogP contribution is 2.24.